The standard InChI is InChI=1S/C7H6N4O/c8-4-5-2-1-3-6(10-5)7(12)11-9/h1-3H,9H2,(H,11,12). The number of carbonyl (C=O) groups is 1. The Hall–Kier alpha value is -1.93. The molecule has 1 rings (SSSR count). The Morgan fingerprint density at radius 2 is 2.42 bits per heavy atom. The van der Waals surface area contributed by atoms with E-state index in [1.54, 1.807) is 6.07 Å². The zero-order chi connectivity index (χ0) is 8.97. The van der Waals surface area contributed by atoms with Crippen LogP contribution in [0.15, 0.2) is 18.2 Å². The van der Waals surface area contributed by atoms with E-state index in [0.717, 1.165) is 0 Å². The number of nitriles is 1. The molecule has 1 aromatic heterocycles. The first-order valence-electron chi connectivity index (χ1n) is 3.16. The van der Waals surface area contributed by atoms with Crippen molar-refractivity contribution in [2.24, 2.45) is 5.84 Å². The summed E-state index contributed by atoms with van der Waals surface area (Å²) in [6.45, 7) is 0. The summed E-state index contributed by atoms with van der Waals surface area (Å²) in [5, 5.41) is 8.44. The third kappa shape index (κ3) is 1.56. The fraction of sp³-hybridized carbons (Fsp3) is 0. The first kappa shape index (κ1) is 8.17. The molecule has 0 bridgehead atoms. The molecule has 0 aromatic carbocycles. The lowest BCUT2D eigenvalue weighted by molar-refractivity contribution is 0.0948. The van der Waals surface area contributed by atoms with Gasteiger partial charge in [0, 0.05) is 0 Å². The van der Waals surface area contributed by atoms with Crippen LogP contribution in [-0.4, -0.2) is 10.9 Å². The van der Waals surface area contributed by atoms with Crippen molar-refractivity contribution in [1.29, 1.82) is 5.26 Å². The molecule has 0 unspecified atom stereocenters. The molecule has 12 heavy (non-hydrogen) atoms. The Morgan fingerprint density at radius 3 is 3.00 bits per heavy atom. The van der Waals surface area contributed by atoms with Crippen LogP contribution in [0, 0.1) is 11.3 Å². The van der Waals surface area contributed by atoms with Crippen molar-refractivity contribution in [3.8, 4) is 6.07 Å². The average Bonchev–Trinajstić information content (AvgIpc) is 2.17. The van der Waals surface area contributed by atoms with Gasteiger partial charge in [0.05, 0.1) is 0 Å². The van der Waals surface area contributed by atoms with Gasteiger partial charge >= 0.3 is 0 Å². The number of hydrogen-bond acceptors (Lipinski definition) is 4. The van der Waals surface area contributed by atoms with Gasteiger partial charge in [-0.15, -0.1) is 0 Å². The maximum atomic E-state index is 10.9. The number of pyridine rings is 1. The Labute approximate surface area is 68.8 Å². The van der Waals surface area contributed by atoms with E-state index < -0.39 is 5.91 Å². The fourth-order valence-electron chi connectivity index (χ4n) is 0.697. The summed E-state index contributed by atoms with van der Waals surface area (Å²) in [7, 11) is 0. The van der Waals surface area contributed by atoms with E-state index in [0.29, 0.717) is 0 Å². The molecule has 0 aliphatic heterocycles. The molecule has 5 nitrogen and oxygen atoms in total. The number of hydrazine groups is 1. The highest BCUT2D eigenvalue weighted by atomic mass is 16.2. The lowest BCUT2D eigenvalue weighted by atomic mass is 10.3. The highest BCUT2D eigenvalue weighted by Gasteiger charge is 2.04. The summed E-state index contributed by atoms with van der Waals surface area (Å²) < 4.78 is 0. The summed E-state index contributed by atoms with van der Waals surface area (Å²) in [6.07, 6.45) is 0. The Balaban J connectivity index is 3.04. The van der Waals surface area contributed by atoms with E-state index in [1.165, 1.54) is 12.1 Å². The largest absolute Gasteiger partial charge is 0.289 e. The number of amides is 1. The molecule has 1 aromatic rings. The van der Waals surface area contributed by atoms with E-state index in [-0.39, 0.29) is 11.4 Å². The van der Waals surface area contributed by atoms with Crippen molar-refractivity contribution in [2.75, 3.05) is 0 Å². The SMILES string of the molecule is N#Cc1cccc(C(=O)NN)n1. The molecule has 1 heterocycles. The van der Waals surface area contributed by atoms with Crippen LogP contribution in [0.4, 0.5) is 0 Å². The van der Waals surface area contributed by atoms with E-state index in [1.807, 2.05) is 11.5 Å². The maximum absolute atomic E-state index is 10.9. The molecular weight excluding hydrogens is 156 g/mol. The van der Waals surface area contributed by atoms with Crippen molar-refractivity contribution in [3.05, 3.63) is 29.6 Å². The summed E-state index contributed by atoms with van der Waals surface area (Å²) in [5.41, 5.74) is 2.25. The van der Waals surface area contributed by atoms with Gasteiger partial charge in [0.25, 0.3) is 5.91 Å². The van der Waals surface area contributed by atoms with E-state index in [2.05, 4.69) is 4.98 Å². The van der Waals surface area contributed by atoms with Gasteiger partial charge < -0.3 is 0 Å². The normalized spacial score (nSPS) is 8.67. The van der Waals surface area contributed by atoms with Crippen molar-refractivity contribution in [3.63, 3.8) is 0 Å². The first-order chi connectivity index (χ1) is 5.77. The topological polar surface area (TPSA) is 91.8 Å². The van der Waals surface area contributed by atoms with Gasteiger partial charge in [0.2, 0.25) is 0 Å². The van der Waals surface area contributed by atoms with Crippen LogP contribution >= 0.6 is 0 Å². The maximum Gasteiger partial charge on any atom is 0.283 e. The molecule has 60 valence electrons. The van der Waals surface area contributed by atoms with Gasteiger partial charge in [-0.1, -0.05) is 6.07 Å². The van der Waals surface area contributed by atoms with Crippen LogP contribution in [0.5, 0.6) is 0 Å². The summed E-state index contributed by atoms with van der Waals surface area (Å²) >= 11 is 0. The quantitative estimate of drug-likeness (QED) is 0.332. The Kier molecular flexibility index (Phi) is 2.35. The minimum Gasteiger partial charge on any atom is -0.289 e. The van der Waals surface area contributed by atoms with Gasteiger partial charge in [0.1, 0.15) is 17.5 Å². The van der Waals surface area contributed by atoms with Crippen molar-refractivity contribution in [2.45, 2.75) is 0 Å². The van der Waals surface area contributed by atoms with Crippen LogP contribution in [0.25, 0.3) is 0 Å². The van der Waals surface area contributed by atoms with E-state index >= 15 is 0 Å². The number of hydrogen-bond donors (Lipinski definition) is 2. The lowest BCUT2D eigenvalue weighted by Crippen LogP contribution is -2.30. The molecule has 0 saturated carbocycles. The van der Waals surface area contributed by atoms with Gasteiger partial charge in [-0.25, -0.2) is 10.8 Å². The van der Waals surface area contributed by atoms with Crippen LogP contribution in [-0.2, 0) is 0 Å². The van der Waals surface area contributed by atoms with Crippen LogP contribution in [0.1, 0.15) is 16.2 Å². The van der Waals surface area contributed by atoms with Crippen LogP contribution in [0.2, 0.25) is 0 Å². The highest BCUT2D eigenvalue weighted by Crippen LogP contribution is 1.96. The van der Waals surface area contributed by atoms with Gasteiger partial charge in [-0.3, -0.25) is 10.2 Å². The van der Waals surface area contributed by atoms with Gasteiger partial charge in [-0.05, 0) is 12.1 Å². The van der Waals surface area contributed by atoms with Crippen LogP contribution < -0.4 is 11.3 Å². The van der Waals surface area contributed by atoms with Gasteiger partial charge in [-0.2, -0.15) is 5.26 Å². The fourth-order valence-corrected chi connectivity index (χ4v) is 0.697. The third-order valence-corrected chi connectivity index (χ3v) is 1.23. The minimum atomic E-state index is -0.507. The molecule has 3 N–H and O–H groups in total. The molecular formula is C7H6N4O. The second-order valence-electron chi connectivity index (χ2n) is 1.99. The predicted octanol–water partition coefficient (Wildman–Crippen LogP) is -0.443. The molecule has 0 saturated heterocycles. The Morgan fingerprint density at radius 1 is 1.67 bits per heavy atom. The molecule has 0 aliphatic carbocycles. The first-order valence-corrected chi connectivity index (χ1v) is 3.16. The van der Waals surface area contributed by atoms with Gasteiger partial charge in [0.15, 0.2) is 0 Å². The number of rotatable bonds is 1. The molecule has 0 aliphatic rings. The lowest BCUT2D eigenvalue weighted by Gasteiger charge is -1.96. The van der Waals surface area contributed by atoms with Crippen molar-refractivity contribution >= 4 is 5.91 Å². The summed E-state index contributed by atoms with van der Waals surface area (Å²) in [6, 6.07) is 6.36. The molecule has 0 fully saturated rings. The number of nitrogens with zero attached hydrogens (tertiary/aromatic N) is 2. The number of aromatic nitrogens is 1. The Bertz CT molecular complexity index is 342. The molecule has 0 atom stereocenters. The summed E-state index contributed by atoms with van der Waals surface area (Å²) in [4.78, 5) is 14.6. The third-order valence-electron chi connectivity index (χ3n) is 1.23. The number of nitrogens with one attached hydrogen (secondary N) is 1. The molecule has 5 heteroatoms. The second kappa shape index (κ2) is 3.46. The molecule has 0 spiro atoms. The summed E-state index contributed by atoms with van der Waals surface area (Å²) in [5.74, 6) is 4.37. The average molecular weight is 162 g/mol. The van der Waals surface area contributed by atoms with Crippen molar-refractivity contribution < 1.29 is 4.79 Å². The van der Waals surface area contributed by atoms with Crippen molar-refractivity contribution in [1.82, 2.24) is 10.4 Å². The van der Waals surface area contributed by atoms with E-state index in [4.69, 9.17) is 11.1 Å². The second-order valence-corrected chi connectivity index (χ2v) is 1.99. The number of nitrogen functional groups attached to an aromatic ring is 1. The monoisotopic (exact) mass is 162 g/mol. The zero-order valence-corrected chi connectivity index (χ0v) is 6.11. The zero-order valence-electron chi connectivity index (χ0n) is 6.11. The molecule has 1 amide bonds. The number of nitrogens with two attached hydrogens (primary N) is 1. The smallest absolute Gasteiger partial charge is 0.283 e. The highest BCUT2D eigenvalue weighted by molar-refractivity contribution is 5.91. The number of carbonyl (C=O) groups excluding carboxylic acids is 1. The minimum absolute atomic E-state index is 0.136. The van der Waals surface area contributed by atoms with E-state index in [9.17, 15) is 4.79 Å². The van der Waals surface area contributed by atoms with Crippen LogP contribution in [0.3, 0.4) is 0 Å². The molecule has 0 radical (unpaired) electrons. The predicted molar refractivity (Wildman–Crippen MR) is 40.6 cm³/mol.